The van der Waals surface area contributed by atoms with Gasteiger partial charge in [0.2, 0.25) is 0 Å². The highest BCUT2D eigenvalue weighted by molar-refractivity contribution is 6.32. The first-order chi connectivity index (χ1) is 8.08. The zero-order valence-electron chi connectivity index (χ0n) is 9.46. The van der Waals surface area contributed by atoms with E-state index in [0.29, 0.717) is 18.4 Å². The Kier molecular flexibility index (Phi) is 3.79. The molecule has 1 atom stereocenters. The Bertz CT molecular complexity index is 387. The number of hydrogen-bond donors (Lipinski definition) is 1. The van der Waals surface area contributed by atoms with Gasteiger partial charge in [0, 0.05) is 0 Å². The van der Waals surface area contributed by atoms with E-state index in [4.69, 9.17) is 12.6 Å². The maximum Gasteiger partial charge on any atom is 0.285 e. The van der Waals surface area contributed by atoms with Crippen molar-refractivity contribution in [2.45, 2.75) is 25.1 Å². The zero-order valence-corrected chi connectivity index (χ0v) is 9.46. The van der Waals surface area contributed by atoms with Crippen LogP contribution in [0.25, 0.3) is 0 Å². The first kappa shape index (κ1) is 12.5. The Hall–Kier alpha value is -0.935. The quantitative estimate of drug-likeness (QED) is 0.791. The minimum Gasteiger partial charge on any atom is -0.367 e. The molecule has 0 aromatic heterocycles. The Morgan fingerprint density at radius 3 is 3.00 bits per heavy atom. The molecule has 90 valence electrons. The fourth-order valence-electron chi connectivity index (χ4n) is 1.90. The van der Waals surface area contributed by atoms with Gasteiger partial charge < -0.3 is 10.1 Å². The molecule has 0 bridgehead atoms. The molecule has 1 fully saturated rings. The zero-order chi connectivity index (χ0) is 12.3. The van der Waals surface area contributed by atoms with Crippen molar-refractivity contribution in [2.24, 2.45) is 0 Å². The second kappa shape index (κ2) is 5.15. The molecule has 0 amide bonds. The number of hydrogen-bond acceptors (Lipinski definition) is 2. The van der Waals surface area contributed by atoms with Gasteiger partial charge in [-0.15, -0.1) is 0 Å². The van der Waals surface area contributed by atoms with Gasteiger partial charge in [-0.3, -0.25) is 0 Å². The molecule has 1 saturated heterocycles. The normalized spacial score (nSPS) is 23.5. The average Bonchev–Trinajstić information content (AvgIpc) is 2.27. The molecule has 0 spiro atoms. The van der Waals surface area contributed by atoms with Gasteiger partial charge in [0.25, 0.3) is 5.92 Å². The molecule has 2 radical (unpaired) electrons. The minimum absolute atomic E-state index is 0.172. The molecular weight excluding hydrogens is 223 g/mol. The summed E-state index contributed by atoms with van der Waals surface area (Å²) in [6.07, 6.45) is -0.680. The molecule has 1 aromatic rings. The number of ether oxygens (including phenoxy) is 1. The Labute approximate surface area is 101 Å². The number of benzene rings is 1. The van der Waals surface area contributed by atoms with Gasteiger partial charge in [0.1, 0.15) is 14.0 Å². The lowest BCUT2D eigenvalue weighted by Crippen LogP contribution is -2.50. The minimum atomic E-state index is -2.79. The molecule has 1 aliphatic rings. The van der Waals surface area contributed by atoms with Gasteiger partial charge in [-0.1, -0.05) is 29.7 Å². The van der Waals surface area contributed by atoms with E-state index in [1.54, 1.807) is 18.2 Å². The van der Waals surface area contributed by atoms with Crippen LogP contribution < -0.4 is 10.8 Å². The van der Waals surface area contributed by atoms with Crippen LogP contribution >= 0.6 is 0 Å². The lowest BCUT2D eigenvalue weighted by Gasteiger charge is -2.31. The lowest BCUT2D eigenvalue weighted by atomic mass is 9.95. The maximum absolute atomic E-state index is 13.4. The Morgan fingerprint density at radius 1 is 1.47 bits per heavy atom. The summed E-state index contributed by atoms with van der Waals surface area (Å²) < 4.78 is 32.2. The molecule has 1 aliphatic heterocycles. The molecule has 0 saturated carbocycles. The van der Waals surface area contributed by atoms with Crippen LogP contribution in [0.4, 0.5) is 8.78 Å². The van der Waals surface area contributed by atoms with Crippen molar-refractivity contribution in [3.05, 3.63) is 29.8 Å². The van der Waals surface area contributed by atoms with Gasteiger partial charge >= 0.3 is 0 Å². The van der Waals surface area contributed by atoms with Crippen molar-refractivity contribution in [3.63, 3.8) is 0 Å². The molecule has 17 heavy (non-hydrogen) atoms. The van der Waals surface area contributed by atoms with E-state index < -0.39 is 12.0 Å². The third-order valence-corrected chi connectivity index (χ3v) is 2.82. The number of nitrogens with one attached hydrogen (secondary N) is 1. The topological polar surface area (TPSA) is 21.3 Å². The van der Waals surface area contributed by atoms with E-state index >= 15 is 0 Å². The molecule has 1 unspecified atom stereocenters. The second-order valence-electron chi connectivity index (χ2n) is 4.27. The van der Waals surface area contributed by atoms with E-state index in [9.17, 15) is 8.78 Å². The number of alkyl halides is 2. The highest BCUT2D eigenvalue weighted by Gasteiger charge is 2.42. The van der Waals surface area contributed by atoms with Crippen molar-refractivity contribution in [2.75, 3.05) is 13.1 Å². The van der Waals surface area contributed by atoms with Crippen LogP contribution in [0.5, 0.6) is 0 Å². The fourth-order valence-corrected chi connectivity index (χ4v) is 1.90. The summed E-state index contributed by atoms with van der Waals surface area (Å²) in [4.78, 5) is 0. The van der Waals surface area contributed by atoms with Crippen molar-refractivity contribution in [1.29, 1.82) is 0 Å². The Balaban J connectivity index is 1.93. The van der Waals surface area contributed by atoms with Crippen LogP contribution in [0.2, 0.25) is 0 Å². The molecule has 5 heteroatoms. The summed E-state index contributed by atoms with van der Waals surface area (Å²) in [7, 11) is 5.61. The molecular formula is C12H14BF2NO. The monoisotopic (exact) mass is 237 g/mol. The summed E-state index contributed by atoms with van der Waals surface area (Å²) in [5.74, 6) is -2.79. The Morgan fingerprint density at radius 2 is 2.29 bits per heavy atom. The summed E-state index contributed by atoms with van der Waals surface area (Å²) in [5, 5.41) is 2.66. The first-order valence-corrected chi connectivity index (χ1v) is 5.62. The van der Waals surface area contributed by atoms with Crippen LogP contribution in [-0.2, 0) is 11.3 Å². The second-order valence-corrected chi connectivity index (χ2v) is 4.27. The van der Waals surface area contributed by atoms with Gasteiger partial charge in [-0.2, -0.15) is 0 Å². The summed E-state index contributed by atoms with van der Waals surface area (Å²) in [5.41, 5.74) is 1.43. The average molecular weight is 237 g/mol. The van der Waals surface area contributed by atoms with Crippen molar-refractivity contribution in [3.8, 4) is 0 Å². The molecule has 1 heterocycles. The third kappa shape index (κ3) is 3.26. The van der Waals surface area contributed by atoms with Crippen LogP contribution in [0.1, 0.15) is 12.0 Å². The first-order valence-electron chi connectivity index (χ1n) is 5.62. The van der Waals surface area contributed by atoms with Gasteiger partial charge in [-0.25, -0.2) is 8.78 Å². The molecule has 1 N–H and O–H groups in total. The van der Waals surface area contributed by atoms with Crippen molar-refractivity contribution < 1.29 is 13.5 Å². The van der Waals surface area contributed by atoms with Gasteiger partial charge in [0.15, 0.2) is 0 Å². The molecule has 1 aromatic carbocycles. The highest BCUT2D eigenvalue weighted by atomic mass is 19.3. The number of halogens is 2. The van der Waals surface area contributed by atoms with Crippen LogP contribution in [-0.4, -0.2) is 33.0 Å². The van der Waals surface area contributed by atoms with Crippen LogP contribution in [0, 0.1) is 0 Å². The smallest absolute Gasteiger partial charge is 0.285 e. The standard InChI is InChI=1S/C12H14BF2NO/c13-10-3-1-2-9(6-10)7-17-11-4-5-16-8-12(11,14)15/h1-3,6,11,16H,4-5,7-8H2. The predicted octanol–water partition coefficient (Wildman–Crippen LogP) is 0.994. The van der Waals surface area contributed by atoms with E-state index in [1.165, 1.54) is 0 Å². The molecule has 2 nitrogen and oxygen atoms in total. The van der Waals surface area contributed by atoms with Crippen LogP contribution in [0.3, 0.4) is 0 Å². The van der Waals surface area contributed by atoms with E-state index in [1.807, 2.05) is 6.07 Å². The maximum atomic E-state index is 13.4. The molecule has 2 rings (SSSR count). The summed E-state index contributed by atoms with van der Waals surface area (Å²) in [6, 6.07) is 7.09. The highest BCUT2D eigenvalue weighted by Crippen LogP contribution is 2.26. The van der Waals surface area contributed by atoms with E-state index in [-0.39, 0.29) is 13.2 Å². The number of piperidine rings is 1. The van der Waals surface area contributed by atoms with E-state index in [2.05, 4.69) is 5.32 Å². The summed E-state index contributed by atoms with van der Waals surface area (Å²) in [6.45, 7) is 0.428. The number of rotatable bonds is 3. The van der Waals surface area contributed by atoms with Gasteiger partial charge in [-0.05, 0) is 18.5 Å². The largest absolute Gasteiger partial charge is 0.367 e. The SMILES string of the molecule is [B]c1cccc(COC2CCNCC2(F)F)c1. The predicted molar refractivity (Wildman–Crippen MR) is 62.8 cm³/mol. The summed E-state index contributed by atoms with van der Waals surface area (Å²) >= 11 is 0. The fraction of sp³-hybridized carbons (Fsp3) is 0.500. The van der Waals surface area contributed by atoms with Gasteiger partial charge in [0.05, 0.1) is 13.2 Å². The van der Waals surface area contributed by atoms with Crippen molar-refractivity contribution >= 4 is 13.3 Å². The lowest BCUT2D eigenvalue weighted by molar-refractivity contribution is -0.153. The van der Waals surface area contributed by atoms with Crippen molar-refractivity contribution in [1.82, 2.24) is 5.32 Å². The van der Waals surface area contributed by atoms with E-state index in [0.717, 1.165) is 5.56 Å². The third-order valence-electron chi connectivity index (χ3n) is 2.82. The molecule has 0 aliphatic carbocycles. The van der Waals surface area contributed by atoms with Crippen LogP contribution in [0.15, 0.2) is 24.3 Å².